The number of hydrogen-bond acceptors (Lipinski definition) is 9. The number of nitrogens with zero attached hydrogens (tertiary/aromatic N) is 6. The van der Waals surface area contributed by atoms with Gasteiger partial charge in [-0.05, 0) is 19.1 Å². The Balaban J connectivity index is 1.83. The van der Waals surface area contributed by atoms with Gasteiger partial charge in [-0.3, -0.25) is 9.69 Å². The predicted molar refractivity (Wildman–Crippen MR) is 107 cm³/mol. The first-order valence-electron chi connectivity index (χ1n) is 8.91. The third-order valence-corrected chi connectivity index (χ3v) is 6.52. The molecule has 2 aromatic rings. The lowest BCUT2D eigenvalue weighted by Crippen LogP contribution is -2.54. The average Bonchev–Trinajstić information content (AvgIpc) is 3.34. The minimum atomic E-state index is -0.946. The van der Waals surface area contributed by atoms with Gasteiger partial charge in [0, 0.05) is 25.5 Å². The first-order chi connectivity index (χ1) is 13.8. The van der Waals surface area contributed by atoms with Crippen LogP contribution in [-0.4, -0.2) is 53.9 Å². The maximum absolute atomic E-state index is 14.2. The molecule has 0 radical (unpaired) electrons. The number of hydrogen-bond donors (Lipinski definition) is 2. The Bertz CT molecular complexity index is 1080. The average molecular weight is 414 g/mol. The summed E-state index contributed by atoms with van der Waals surface area (Å²) in [4.78, 5) is 30.8. The number of carbonyl (C=O) groups excluding carboxylic acids is 1. The maximum atomic E-state index is 14.2. The molecule has 0 spiro atoms. The molecule has 1 amide bonds. The summed E-state index contributed by atoms with van der Waals surface area (Å²) in [6.45, 7) is 2.15. The van der Waals surface area contributed by atoms with E-state index in [4.69, 9.17) is 10.7 Å². The minimum Gasteiger partial charge on any atom is -0.371 e. The van der Waals surface area contributed by atoms with Gasteiger partial charge < -0.3 is 16.0 Å². The van der Waals surface area contributed by atoms with Gasteiger partial charge in [0.05, 0.1) is 18.2 Å². The fraction of sp³-hybridized carbons (Fsp3) is 0.389. The molecule has 150 valence electrons. The fourth-order valence-electron chi connectivity index (χ4n) is 3.80. The second-order valence-corrected chi connectivity index (χ2v) is 8.11. The number of aliphatic imine (C=N–C) groups is 1. The van der Waals surface area contributed by atoms with Gasteiger partial charge in [0.1, 0.15) is 16.5 Å². The number of halogens is 1. The Labute approximate surface area is 170 Å². The van der Waals surface area contributed by atoms with Crippen molar-refractivity contribution in [2.45, 2.75) is 12.5 Å². The highest BCUT2D eigenvalue weighted by molar-refractivity contribution is 7.12. The summed E-state index contributed by atoms with van der Waals surface area (Å²) in [5.74, 6) is -0.699. The van der Waals surface area contributed by atoms with Gasteiger partial charge in [0.15, 0.2) is 17.6 Å². The lowest BCUT2D eigenvalue weighted by Gasteiger charge is -2.36. The first kappa shape index (κ1) is 19.1. The minimum absolute atomic E-state index is 0.0887. The van der Waals surface area contributed by atoms with Crippen LogP contribution in [0.2, 0.25) is 0 Å². The highest BCUT2D eigenvalue weighted by Crippen LogP contribution is 2.47. The number of amides is 1. The van der Waals surface area contributed by atoms with E-state index in [9.17, 15) is 14.4 Å². The molecule has 4 rings (SSSR count). The van der Waals surface area contributed by atoms with E-state index in [1.54, 1.807) is 27.1 Å². The summed E-state index contributed by atoms with van der Waals surface area (Å²) >= 11 is 1.29. The van der Waals surface area contributed by atoms with Gasteiger partial charge in [-0.25, -0.2) is 14.4 Å². The number of rotatable bonds is 3. The van der Waals surface area contributed by atoms with E-state index < -0.39 is 17.3 Å². The van der Waals surface area contributed by atoms with E-state index in [1.165, 1.54) is 16.2 Å². The molecule has 29 heavy (non-hydrogen) atoms. The molecular weight excluding hydrogens is 395 g/mol. The number of nitrogens with two attached hydrogens (primary N) is 1. The molecule has 0 aliphatic carbocycles. The van der Waals surface area contributed by atoms with Crippen LogP contribution in [0.4, 0.5) is 16.2 Å². The van der Waals surface area contributed by atoms with E-state index >= 15 is 0 Å². The number of thiophene rings is 1. The Kier molecular flexibility index (Phi) is 4.38. The quantitative estimate of drug-likeness (QED) is 0.768. The number of anilines is 2. The largest absolute Gasteiger partial charge is 0.371 e. The summed E-state index contributed by atoms with van der Waals surface area (Å²) < 4.78 is 14.2. The summed E-state index contributed by atoms with van der Waals surface area (Å²) in [5, 5.41) is 12.0. The molecule has 0 saturated carbocycles. The smallest absolute Gasteiger partial charge is 0.236 e. The summed E-state index contributed by atoms with van der Waals surface area (Å²) in [5.41, 5.74) is 5.31. The molecular formula is C18H19FN8OS. The number of aryl methyl sites for hydroxylation is 1. The fourth-order valence-corrected chi connectivity index (χ4v) is 4.78. The molecule has 1 saturated heterocycles. The number of guanidine groups is 1. The van der Waals surface area contributed by atoms with E-state index in [0.717, 1.165) is 4.88 Å². The number of aromatic nitrogens is 2. The van der Waals surface area contributed by atoms with E-state index in [2.05, 4.69) is 21.4 Å². The van der Waals surface area contributed by atoms with E-state index in [0.29, 0.717) is 17.4 Å². The van der Waals surface area contributed by atoms with Crippen LogP contribution in [0.1, 0.15) is 15.4 Å². The van der Waals surface area contributed by atoms with Crippen LogP contribution in [0.5, 0.6) is 0 Å². The molecule has 2 aliphatic rings. The monoisotopic (exact) mass is 414 g/mol. The molecule has 1 fully saturated rings. The van der Waals surface area contributed by atoms with Gasteiger partial charge in [-0.1, -0.05) is 0 Å². The molecule has 2 aliphatic heterocycles. The third-order valence-electron chi connectivity index (χ3n) is 5.37. The second-order valence-electron chi connectivity index (χ2n) is 7.02. The van der Waals surface area contributed by atoms with Crippen molar-refractivity contribution >= 4 is 35.0 Å². The molecule has 3 N–H and O–H groups in total. The molecule has 11 heteroatoms. The highest BCUT2D eigenvalue weighted by Gasteiger charge is 2.56. The second kappa shape index (κ2) is 6.66. The number of carbonyl (C=O) groups is 1. The van der Waals surface area contributed by atoms with Crippen LogP contribution < -0.4 is 16.0 Å². The Morgan fingerprint density at radius 2 is 2.21 bits per heavy atom. The number of nitriles is 1. The first-order valence-corrected chi connectivity index (χ1v) is 9.72. The normalized spacial score (nSPS) is 23.6. The zero-order chi connectivity index (χ0) is 20.9. The van der Waals surface area contributed by atoms with Crippen molar-refractivity contribution < 1.29 is 9.18 Å². The van der Waals surface area contributed by atoms with Crippen LogP contribution in [0.15, 0.2) is 17.1 Å². The van der Waals surface area contributed by atoms with Crippen molar-refractivity contribution in [1.82, 2.24) is 14.9 Å². The molecule has 2 atom stereocenters. The van der Waals surface area contributed by atoms with Crippen LogP contribution in [-0.2, 0) is 10.3 Å². The van der Waals surface area contributed by atoms with Crippen LogP contribution in [0.25, 0.3) is 0 Å². The lowest BCUT2D eigenvalue weighted by molar-refractivity contribution is -0.132. The zero-order valence-corrected chi connectivity index (χ0v) is 16.9. The van der Waals surface area contributed by atoms with Gasteiger partial charge in [-0.2, -0.15) is 10.2 Å². The zero-order valence-electron chi connectivity index (χ0n) is 16.1. The number of nitrogens with one attached hydrogen (secondary N) is 1. The van der Waals surface area contributed by atoms with Crippen molar-refractivity contribution in [3.8, 4) is 6.07 Å². The van der Waals surface area contributed by atoms with E-state index in [1.807, 2.05) is 11.0 Å². The topological polar surface area (TPSA) is 124 Å². The Morgan fingerprint density at radius 3 is 2.86 bits per heavy atom. The van der Waals surface area contributed by atoms with Crippen LogP contribution in [0.3, 0.4) is 0 Å². The molecule has 9 nitrogen and oxygen atoms in total. The van der Waals surface area contributed by atoms with Gasteiger partial charge in [0.2, 0.25) is 11.9 Å². The van der Waals surface area contributed by atoms with Gasteiger partial charge in [0.25, 0.3) is 0 Å². The van der Waals surface area contributed by atoms with Crippen LogP contribution in [0, 0.1) is 30.0 Å². The number of fused-ring (bicyclic) bond motifs is 1. The molecule has 2 aromatic heterocycles. The van der Waals surface area contributed by atoms with Crippen molar-refractivity contribution in [3.63, 3.8) is 0 Å². The van der Waals surface area contributed by atoms with Gasteiger partial charge >= 0.3 is 0 Å². The third kappa shape index (κ3) is 2.79. The Morgan fingerprint density at radius 1 is 1.45 bits per heavy atom. The lowest BCUT2D eigenvalue weighted by atomic mass is 9.84. The summed E-state index contributed by atoms with van der Waals surface area (Å²) in [6, 6.07) is 5.64. The van der Waals surface area contributed by atoms with Gasteiger partial charge in [-0.15, -0.1) is 11.3 Å². The highest BCUT2D eigenvalue weighted by atomic mass is 32.1. The molecule has 0 bridgehead atoms. The molecule has 0 aromatic carbocycles. The predicted octanol–water partition coefficient (Wildman–Crippen LogP) is 1.02. The van der Waals surface area contributed by atoms with Crippen molar-refractivity contribution in [2.24, 2.45) is 16.6 Å². The SMILES string of the molecule is CNc1nc(N2C[C@H]3C(=O)N(C)C(N)=N[C@@]3(c3ccc(C#N)s3)C2)nc(C)c1F. The van der Waals surface area contributed by atoms with Crippen LogP contribution >= 0.6 is 11.3 Å². The Hall–Kier alpha value is -3.26. The summed E-state index contributed by atoms with van der Waals surface area (Å²) in [6.07, 6.45) is 0. The van der Waals surface area contributed by atoms with Crippen molar-refractivity contribution in [3.05, 3.63) is 33.4 Å². The molecule has 4 heterocycles. The van der Waals surface area contributed by atoms with Crippen molar-refractivity contribution in [1.29, 1.82) is 5.26 Å². The van der Waals surface area contributed by atoms with E-state index in [-0.39, 0.29) is 29.9 Å². The standard InChI is InChI=1S/C18H19FN8OS/c1-9-13(19)14(22-2)24-17(23-9)27-7-11-15(28)26(3)16(21)25-18(11,8-27)12-5-4-10(6-20)29-12/h4-5,11H,7-8H2,1-3H3,(H2,21,25)(H,22,23,24)/t11-,18-/m0/s1. The molecule has 0 unspecified atom stereocenters. The van der Waals surface area contributed by atoms with Crippen molar-refractivity contribution in [2.75, 3.05) is 37.4 Å². The maximum Gasteiger partial charge on any atom is 0.236 e. The summed E-state index contributed by atoms with van der Waals surface area (Å²) in [7, 11) is 3.17.